The van der Waals surface area contributed by atoms with E-state index in [2.05, 4.69) is 20.1 Å². The molecular weight excluding hydrogens is 444 g/mol. The molecule has 0 aliphatic carbocycles. The van der Waals surface area contributed by atoms with Crippen molar-refractivity contribution in [1.29, 1.82) is 0 Å². The number of hydrogen-bond acceptors (Lipinski definition) is 8. The first-order valence-corrected chi connectivity index (χ1v) is 12.4. The number of carbonyl (C=O) groups excluding carboxylic acids is 2. The van der Waals surface area contributed by atoms with E-state index in [-0.39, 0.29) is 19.1 Å². The van der Waals surface area contributed by atoms with Crippen LogP contribution in [0.1, 0.15) is 23.7 Å². The summed E-state index contributed by atoms with van der Waals surface area (Å²) in [4.78, 5) is 34.4. The Bertz CT molecular complexity index is 1040. The summed E-state index contributed by atoms with van der Waals surface area (Å²) in [6, 6.07) is 9.67. The summed E-state index contributed by atoms with van der Waals surface area (Å²) < 4.78 is 5.28. The first-order valence-electron chi connectivity index (χ1n) is 10.7. The number of ether oxygens (including phenoxy) is 1. The number of rotatable bonds is 7. The number of aromatic nitrogens is 1. The van der Waals surface area contributed by atoms with Gasteiger partial charge in [-0.05, 0) is 18.9 Å². The Balaban J connectivity index is 1.44. The van der Waals surface area contributed by atoms with Crippen LogP contribution in [0, 0.1) is 0 Å². The Labute approximate surface area is 195 Å². The van der Waals surface area contributed by atoms with E-state index in [4.69, 9.17) is 4.74 Å². The van der Waals surface area contributed by atoms with Crippen LogP contribution in [0.2, 0.25) is 0 Å². The first kappa shape index (κ1) is 22.4. The van der Waals surface area contributed by atoms with Gasteiger partial charge < -0.3 is 15.0 Å². The maximum atomic E-state index is 12.9. The molecule has 1 amide bonds. The maximum absolute atomic E-state index is 12.9. The van der Waals surface area contributed by atoms with Gasteiger partial charge in [-0.25, -0.2) is 9.78 Å². The number of thiazole rings is 1. The molecule has 168 valence electrons. The van der Waals surface area contributed by atoms with Crippen molar-refractivity contribution in [2.45, 2.75) is 13.3 Å². The van der Waals surface area contributed by atoms with Gasteiger partial charge in [0.1, 0.15) is 10.6 Å². The SMILES string of the molecule is CCOC(=O)c1c(-c2ccccc2)csc1NC(=O)CN1CCCN(c2nccs2)CC1. The highest BCUT2D eigenvalue weighted by Gasteiger charge is 2.24. The molecule has 3 heterocycles. The van der Waals surface area contributed by atoms with E-state index in [9.17, 15) is 9.59 Å². The largest absolute Gasteiger partial charge is 0.462 e. The average molecular weight is 471 g/mol. The molecule has 1 saturated heterocycles. The normalized spacial score (nSPS) is 14.7. The molecule has 0 atom stereocenters. The van der Waals surface area contributed by atoms with Crippen LogP contribution < -0.4 is 10.2 Å². The Morgan fingerprint density at radius 1 is 1.12 bits per heavy atom. The molecule has 1 aromatic carbocycles. The third kappa shape index (κ3) is 5.35. The fourth-order valence-electron chi connectivity index (χ4n) is 3.75. The quantitative estimate of drug-likeness (QED) is 0.522. The van der Waals surface area contributed by atoms with Gasteiger partial charge in [-0.3, -0.25) is 9.69 Å². The predicted octanol–water partition coefficient (Wildman–Crippen LogP) is 4.20. The molecule has 0 spiro atoms. The molecule has 7 nitrogen and oxygen atoms in total. The van der Waals surface area contributed by atoms with Crippen LogP contribution in [0.5, 0.6) is 0 Å². The van der Waals surface area contributed by atoms with Crippen LogP contribution in [-0.4, -0.2) is 61.1 Å². The molecular formula is C23H26N4O3S2. The zero-order valence-electron chi connectivity index (χ0n) is 18.0. The van der Waals surface area contributed by atoms with Crippen molar-refractivity contribution in [3.8, 4) is 11.1 Å². The van der Waals surface area contributed by atoms with Crippen molar-refractivity contribution >= 4 is 44.7 Å². The Kier molecular flexibility index (Phi) is 7.51. The highest BCUT2D eigenvalue weighted by atomic mass is 32.1. The molecule has 9 heteroatoms. The van der Waals surface area contributed by atoms with Gasteiger partial charge in [0, 0.05) is 48.7 Å². The minimum Gasteiger partial charge on any atom is -0.462 e. The third-order valence-corrected chi connectivity index (χ3v) is 6.98. The van der Waals surface area contributed by atoms with Crippen molar-refractivity contribution in [2.75, 3.05) is 49.5 Å². The lowest BCUT2D eigenvalue weighted by atomic mass is 10.0. The monoisotopic (exact) mass is 470 g/mol. The third-order valence-electron chi connectivity index (χ3n) is 5.25. The number of nitrogens with zero attached hydrogens (tertiary/aromatic N) is 3. The maximum Gasteiger partial charge on any atom is 0.341 e. The molecule has 1 aliphatic rings. The Morgan fingerprint density at radius 2 is 1.97 bits per heavy atom. The summed E-state index contributed by atoms with van der Waals surface area (Å²) in [7, 11) is 0. The molecule has 0 unspecified atom stereocenters. The molecule has 1 aliphatic heterocycles. The Morgan fingerprint density at radius 3 is 2.72 bits per heavy atom. The first-order chi connectivity index (χ1) is 15.7. The summed E-state index contributed by atoms with van der Waals surface area (Å²) in [6.07, 6.45) is 2.79. The fourth-order valence-corrected chi connectivity index (χ4v) is 5.42. The zero-order chi connectivity index (χ0) is 22.3. The van der Waals surface area contributed by atoms with Crippen LogP contribution >= 0.6 is 22.7 Å². The van der Waals surface area contributed by atoms with Gasteiger partial charge in [0.2, 0.25) is 5.91 Å². The van der Waals surface area contributed by atoms with Crippen LogP contribution in [-0.2, 0) is 9.53 Å². The standard InChI is InChI=1S/C23H26N4O3S2/c1-2-30-22(29)20-18(17-7-4-3-5-8-17)16-32-21(20)25-19(28)15-26-10-6-11-27(13-12-26)23-24-9-14-31-23/h3-5,7-9,14,16H,2,6,10-13,15H2,1H3,(H,25,28). The molecule has 1 fully saturated rings. The lowest BCUT2D eigenvalue weighted by Gasteiger charge is -2.21. The van der Waals surface area contributed by atoms with E-state index in [1.54, 1.807) is 18.3 Å². The lowest BCUT2D eigenvalue weighted by Crippen LogP contribution is -2.36. The van der Waals surface area contributed by atoms with Gasteiger partial charge >= 0.3 is 5.97 Å². The van der Waals surface area contributed by atoms with Crippen molar-refractivity contribution in [3.05, 3.63) is 52.9 Å². The summed E-state index contributed by atoms with van der Waals surface area (Å²) >= 11 is 2.99. The van der Waals surface area contributed by atoms with E-state index in [1.807, 2.05) is 47.3 Å². The molecule has 4 rings (SSSR count). The van der Waals surface area contributed by atoms with Crippen LogP contribution in [0.4, 0.5) is 10.1 Å². The van der Waals surface area contributed by atoms with Crippen LogP contribution in [0.15, 0.2) is 47.3 Å². The zero-order valence-corrected chi connectivity index (χ0v) is 19.6. The van der Waals surface area contributed by atoms with Crippen LogP contribution in [0.3, 0.4) is 0 Å². The minimum absolute atomic E-state index is 0.125. The van der Waals surface area contributed by atoms with Gasteiger partial charge in [-0.15, -0.1) is 22.7 Å². The van der Waals surface area contributed by atoms with Gasteiger partial charge in [0.15, 0.2) is 5.13 Å². The summed E-state index contributed by atoms with van der Waals surface area (Å²) in [5.41, 5.74) is 2.11. The number of amides is 1. The number of carbonyl (C=O) groups is 2. The number of nitrogens with one attached hydrogen (secondary N) is 1. The summed E-state index contributed by atoms with van der Waals surface area (Å²) in [6.45, 7) is 5.75. The molecule has 1 N–H and O–H groups in total. The van der Waals surface area contributed by atoms with Crippen LogP contribution in [0.25, 0.3) is 11.1 Å². The fraction of sp³-hybridized carbons (Fsp3) is 0.348. The van der Waals surface area contributed by atoms with Gasteiger partial charge in [0.25, 0.3) is 0 Å². The minimum atomic E-state index is -0.420. The van der Waals surface area contributed by atoms with E-state index in [0.29, 0.717) is 10.6 Å². The van der Waals surface area contributed by atoms with Crippen molar-refractivity contribution in [2.24, 2.45) is 0 Å². The van der Waals surface area contributed by atoms with E-state index in [0.717, 1.165) is 48.9 Å². The highest BCUT2D eigenvalue weighted by molar-refractivity contribution is 7.15. The Hall–Kier alpha value is -2.75. The van der Waals surface area contributed by atoms with Gasteiger partial charge in [0.05, 0.1) is 13.2 Å². The van der Waals surface area contributed by atoms with E-state index in [1.165, 1.54) is 11.3 Å². The van der Waals surface area contributed by atoms with E-state index >= 15 is 0 Å². The number of esters is 1. The van der Waals surface area contributed by atoms with Crippen molar-refractivity contribution in [1.82, 2.24) is 9.88 Å². The lowest BCUT2D eigenvalue weighted by molar-refractivity contribution is -0.117. The van der Waals surface area contributed by atoms with Crippen molar-refractivity contribution in [3.63, 3.8) is 0 Å². The topological polar surface area (TPSA) is 74.8 Å². The molecule has 0 radical (unpaired) electrons. The second kappa shape index (κ2) is 10.7. The predicted molar refractivity (Wildman–Crippen MR) is 130 cm³/mol. The summed E-state index contributed by atoms with van der Waals surface area (Å²) in [5.74, 6) is -0.545. The number of thiophene rings is 1. The molecule has 0 saturated carbocycles. The number of anilines is 2. The van der Waals surface area contributed by atoms with Gasteiger partial charge in [-0.1, -0.05) is 30.3 Å². The smallest absolute Gasteiger partial charge is 0.341 e. The second-order valence-electron chi connectivity index (χ2n) is 7.42. The molecule has 3 aromatic rings. The van der Waals surface area contributed by atoms with Crippen molar-refractivity contribution < 1.29 is 14.3 Å². The summed E-state index contributed by atoms with van der Waals surface area (Å²) in [5, 5.41) is 8.40. The average Bonchev–Trinajstić information content (AvgIpc) is 3.42. The highest BCUT2D eigenvalue weighted by Crippen LogP contribution is 2.36. The molecule has 0 bridgehead atoms. The van der Waals surface area contributed by atoms with Gasteiger partial charge in [-0.2, -0.15) is 0 Å². The molecule has 2 aromatic heterocycles. The molecule has 32 heavy (non-hydrogen) atoms. The number of benzene rings is 1. The second-order valence-corrected chi connectivity index (χ2v) is 9.17. The van der Waals surface area contributed by atoms with E-state index < -0.39 is 5.97 Å². The number of hydrogen-bond donors (Lipinski definition) is 1.